The Hall–Kier alpha value is -0.0400. The van der Waals surface area contributed by atoms with Gasteiger partial charge >= 0.3 is 0 Å². The van der Waals surface area contributed by atoms with Gasteiger partial charge in [0.25, 0.3) is 0 Å². The first-order chi connectivity index (χ1) is 4.10. The van der Waals surface area contributed by atoms with E-state index in [2.05, 4.69) is 26.1 Å². The van der Waals surface area contributed by atoms with Crippen molar-refractivity contribution in [3.05, 3.63) is 0 Å². The maximum atomic E-state index is 3.44. The summed E-state index contributed by atoms with van der Waals surface area (Å²) in [6, 6.07) is 0.730. The van der Waals surface area contributed by atoms with Gasteiger partial charge in [0.2, 0.25) is 0 Å². The van der Waals surface area contributed by atoms with Crippen LogP contribution >= 0.6 is 0 Å². The summed E-state index contributed by atoms with van der Waals surface area (Å²) in [7, 11) is 0. The summed E-state index contributed by atoms with van der Waals surface area (Å²) in [4.78, 5) is 0. The van der Waals surface area contributed by atoms with E-state index in [0.29, 0.717) is 5.41 Å². The summed E-state index contributed by atoms with van der Waals surface area (Å²) < 4.78 is 0. The van der Waals surface area contributed by atoms with Gasteiger partial charge in [-0.1, -0.05) is 13.8 Å². The zero-order valence-electron chi connectivity index (χ0n) is 6.70. The van der Waals surface area contributed by atoms with Crippen LogP contribution in [0.5, 0.6) is 0 Å². The average Bonchev–Trinajstić information content (AvgIpc) is 1.60. The highest BCUT2D eigenvalue weighted by Gasteiger charge is 2.24. The van der Waals surface area contributed by atoms with Gasteiger partial charge in [-0.25, -0.2) is 0 Å². The van der Waals surface area contributed by atoms with Crippen LogP contribution in [0.1, 0.15) is 33.6 Å². The third-order valence-corrected chi connectivity index (χ3v) is 2.15. The van der Waals surface area contributed by atoms with Gasteiger partial charge in [-0.15, -0.1) is 0 Å². The lowest BCUT2D eigenvalue weighted by molar-refractivity contribution is 0.218. The van der Waals surface area contributed by atoms with Crippen LogP contribution in [-0.2, 0) is 0 Å². The van der Waals surface area contributed by atoms with Crippen molar-refractivity contribution in [3.63, 3.8) is 0 Å². The largest absolute Gasteiger partial charge is 0.314 e. The van der Waals surface area contributed by atoms with Gasteiger partial charge in [0.05, 0.1) is 0 Å². The third-order valence-electron chi connectivity index (χ3n) is 2.15. The predicted molar refractivity (Wildman–Crippen MR) is 40.5 cm³/mol. The fourth-order valence-electron chi connectivity index (χ4n) is 1.66. The minimum atomic E-state index is 0.588. The van der Waals surface area contributed by atoms with Crippen molar-refractivity contribution >= 4 is 0 Å². The molecule has 1 heteroatoms. The van der Waals surface area contributed by atoms with Crippen molar-refractivity contribution in [2.45, 2.75) is 39.7 Å². The fourth-order valence-corrected chi connectivity index (χ4v) is 1.66. The molecule has 0 aliphatic carbocycles. The quantitative estimate of drug-likeness (QED) is 0.523. The van der Waals surface area contributed by atoms with Crippen LogP contribution < -0.4 is 5.32 Å². The Morgan fingerprint density at radius 1 is 1.44 bits per heavy atom. The molecule has 9 heavy (non-hydrogen) atoms. The molecule has 1 saturated heterocycles. The lowest BCUT2D eigenvalue weighted by Crippen LogP contribution is -2.39. The average molecular weight is 127 g/mol. The molecular formula is C8H17N. The standard InChI is InChI=1S/C8H17N/c1-7-6-8(2,3)4-5-9-7/h7,9H,4-6H2,1-3H3. The number of hydrogen-bond donors (Lipinski definition) is 1. The van der Waals surface area contributed by atoms with E-state index in [0.717, 1.165) is 6.04 Å². The molecule has 0 spiro atoms. The molecule has 0 aromatic rings. The van der Waals surface area contributed by atoms with E-state index in [4.69, 9.17) is 0 Å². The van der Waals surface area contributed by atoms with Crippen molar-refractivity contribution in [1.29, 1.82) is 0 Å². The van der Waals surface area contributed by atoms with Crippen molar-refractivity contribution in [1.82, 2.24) is 5.32 Å². The summed E-state index contributed by atoms with van der Waals surface area (Å²) in [6.07, 6.45) is 2.66. The maximum absolute atomic E-state index is 3.44. The number of hydrogen-bond acceptors (Lipinski definition) is 1. The fraction of sp³-hybridized carbons (Fsp3) is 1.00. The molecule has 0 aromatic carbocycles. The van der Waals surface area contributed by atoms with E-state index < -0.39 is 0 Å². The molecule has 1 aliphatic heterocycles. The third kappa shape index (κ3) is 1.98. The van der Waals surface area contributed by atoms with E-state index in [1.165, 1.54) is 19.4 Å². The molecule has 0 radical (unpaired) electrons. The second-order valence-corrected chi connectivity index (χ2v) is 3.97. The molecule has 0 aromatic heterocycles. The predicted octanol–water partition coefficient (Wildman–Crippen LogP) is 1.78. The first-order valence-electron chi connectivity index (χ1n) is 3.83. The van der Waals surface area contributed by atoms with E-state index in [9.17, 15) is 0 Å². The Morgan fingerprint density at radius 2 is 2.11 bits per heavy atom. The van der Waals surface area contributed by atoms with Gasteiger partial charge in [0.1, 0.15) is 0 Å². The molecule has 0 saturated carbocycles. The van der Waals surface area contributed by atoms with E-state index in [1.54, 1.807) is 0 Å². The summed E-state index contributed by atoms with van der Waals surface area (Å²) in [5.41, 5.74) is 0.588. The van der Waals surface area contributed by atoms with Crippen molar-refractivity contribution in [2.75, 3.05) is 6.54 Å². The summed E-state index contributed by atoms with van der Waals surface area (Å²) in [5.74, 6) is 0. The van der Waals surface area contributed by atoms with Crippen LogP contribution in [0.4, 0.5) is 0 Å². The molecular weight excluding hydrogens is 110 g/mol. The smallest absolute Gasteiger partial charge is 0.00438 e. The molecule has 1 unspecified atom stereocenters. The Morgan fingerprint density at radius 3 is 2.44 bits per heavy atom. The zero-order chi connectivity index (χ0) is 6.91. The molecule has 0 bridgehead atoms. The zero-order valence-corrected chi connectivity index (χ0v) is 6.70. The summed E-state index contributed by atoms with van der Waals surface area (Å²) in [6.45, 7) is 8.17. The van der Waals surface area contributed by atoms with E-state index in [1.807, 2.05) is 0 Å². The van der Waals surface area contributed by atoms with Crippen LogP contribution in [0, 0.1) is 5.41 Å². The second-order valence-electron chi connectivity index (χ2n) is 3.97. The normalized spacial score (nSPS) is 34.3. The van der Waals surface area contributed by atoms with Crippen molar-refractivity contribution in [2.24, 2.45) is 5.41 Å². The minimum absolute atomic E-state index is 0.588. The number of rotatable bonds is 0. The molecule has 1 nitrogen and oxygen atoms in total. The SMILES string of the molecule is CC1CC(C)(C)CCN1. The van der Waals surface area contributed by atoms with Crippen molar-refractivity contribution < 1.29 is 0 Å². The first kappa shape index (κ1) is 7.07. The highest BCUT2D eigenvalue weighted by Crippen LogP contribution is 2.28. The second kappa shape index (κ2) is 2.30. The molecule has 1 atom stereocenters. The monoisotopic (exact) mass is 127 g/mol. The highest BCUT2D eigenvalue weighted by atomic mass is 14.9. The van der Waals surface area contributed by atoms with Crippen LogP contribution in [0.3, 0.4) is 0 Å². The minimum Gasteiger partial charge on any atom is -0.314 e. The van der Waals surface area contributed by atoms with Gasteiger partial charge in [-0.05, 0) is 31.7 Å². The summed E-state index contributed by atoms with van der Waals surface area (Å²) >= 11 is 0. The topological polar surface area (TPSA) is 12.0 Å². The maximum Gasteiger partial charge on any atom is 0.00438 e. The Balaban J connectivity index is 2.41. The first-order valence-corrected chi connectivity index (χ1v) is 3.83. The van der Waals surface area contributed by atoms with Gasteiger partial charge in [-0.2, -0.15) is 0 Å². The molecule has 1 heterocycles. The van der Waals surface area contributed by atoms with Gasteiger partial charge in [0.15, 0.2) is 0 Å². The lowest BCUT2D eigenvalue weighted by Gasteiger charge is -2.34. The molecule has 1 aliphatic rings. The van der Waals surface area contributed by atoms with Gasteiger partial charge in [-0.3, -0.25) is 0 Å². The van der Waals surface area contributed by atoms with E-state index in [-0.39, 0.29) is 0 Å². The molecule has 1 rings (SSSR count). The van der Waals surface area contributed by atoms with Crippen molar-refractivity contribution in [3.8, 4) is 0 Å². The molecule has 0 amide bonds. The van der Waals surface area contributed by atoms with E-state index >= 15 is 0 Å². The highest BCUT2D eigenvalue weighted by molar-refractivity contribution is 4.80. The number of piperidine rings is 1. The Kier molecular flexibility index (Phi) is 1.80. The molecule has 54 valence electrons. The van der Waals surface area contributed by atoms with Gasteiger partial charge < -0.3 is 5.32 Å². The van der Waals surface area contributed by atoms with Crippen LogP contribution in [-0.4, -0.2) is 12.6 Å². The van der Waals surface area contributed by atoms with Gasteiger partial charge in [0, 0.05) is 6.04 Å². The molecule has 1 N–H and O–H groups in total. The van der Waals surface area contributed by atoms with Crippen LogP contribution in [0.2, 0.25) is 0 Å². The molecule has 1 fully saturated rings. The Bertz CT molecular complexity index is 96.7. The summed E-state index contributed by atoms with van der Waals surface area (Å²) in [5, 5.41) is 3.44. The van der Waals surface area contributed by atoms with Crippen LogP contribution in [0.25, 0.3) is 0 Å². The lowest BCUT2D eigenvalue weighted by atomic mass is 9.80. The Labute approximate surface area is 57.8 Å². The van der Waals surface area contributed by atoms with Crippen LogP contribution in [0.15, 0.2) is 0 Å². The number of nitrogens with one attached hydrogen (secondary N) is 1.